The second-order valence-electron chi connectivity index (χ2n) is 6.07. The summed E-state index contributed by atoms with van der Waals surface area (Å²) in [5.74, 6) is 0. The van der Waals surface area contributed by atoms with Gasteiger partial charge in [0.15, 0.2) is 0 Å². The SMILES string of the molecule is N#Cc1ccc(C=CCN2CCN(Cc3cccnc3)CC2)cc1. The molecule has 4 heteroatoms. The Morgan fingerprint density at radius 1 is 1.04 bits per heavy atom. The minimum absolute atomic E-state index is 0.705. The van der Waals surface area contributed by atoms with Crippen molar-refractivity contribution < 1.29 is 0 Å². The monoisotopic (exact) mass is 318 g/mol. The predicted octanol–water partition coefficient (Wildman–Crippen LogP) is 2.78. The molecule has 0 spiro atoms. The van der Waals surface area contributed by atoms with Crippen LogP contribution >= 0.6 is 0 Å². The third kappa shape index (κ3) is 4.76. The average molecular weight is 318 g/mol. The Hall–Kier alpha value is -2.48. The molecule has 2 aromatic rings. The van der Waals surface area contributed by atoms with Crippen LogP contribution in [0.2, 0.25) is 0 Å². The van der Waals surface area contributed by atoms with Crippen molar-refractivity contribution in [1.82, 2.24) is 14.8 Å². The fourth-order valence-electron chi connectivity index (χ4n) is 2.89. The van der Waals surface area contributed by atoms with Gasteiger partial charge >= 0.3 is 0 Å². The molecule has 1 saturated heterocycles. The van der Waals surface area contributed by atoms with E-state index in [4.69, 9.17) is 5.26 Å². The molecule has 0 unspecified atom stereocenters. The zero-order valence-corrected chi connectivity index (χ0v) is 13.8. The van der Waals surface area contributed by atoms with E-state index in [1.165, 1.54) is 5.56 Å². The van der Waals surface area contributed by atoms with Gasteiger partial charge in [-0.3, -0.25) is 14.8 Å². The third-order valence-electron chi connectivity index (χ3n) is 4.31. The summed E-state index contributed by atoms with van der Waals surface area (Å²) in [7, 11) is 0. The van der Waals surface area contributed by atoms with E-state index in [0.717, 1.165) is 44.8 Å². The van der Waals surface area contributed by atoms with E-state index in [1.807, 2.05) is 42.7 Å². The second-order valence-corrected chi connectivity index (χ2v) is 6.07. The summed E-state index contributed by atoms with van der Waals surface area (Å²) < 4.78 is 0. The van der Waals surface area contributed by atoms with Crippen LogP contribution in [0.3, 0.4) is 0 Å². The van der Waals surface area contributed by atoms with E-state index in [-0.39, 0.29) is 0 Å². The highest BCUT2D eigenvalue weighted by atomic mass is 15.3. The number of rotatable bonds is 5. The van der Waals surface area contributed by atoms with E-state index < -0.39 is 0 Å². The molecule has 2 heterocycles. The van der Waals surface area contributed by atoms with Crippen molar-refractivity contribution >= 4 is 6.08 Å². The second kappa shape index (κ2) is 8.39. The molecule has 1 aromatic heterocycles. The summed E-state index contributed by atoms with van der Waals surface area (Å²) in [6.45, 7) is 6.35. The van der Waals surface area contributed by atoms with Gasteiger partial charge in [-0.25, -0.2) is 0 Å². The Kier molecular flexibility index (Phi) is 5.73. The molecular formula is C20H22N4. The van der Waals surface area contributed by atoms with Gasteiger partial charge in [0.05, 0.1) is 11.6 Å². The van der Waals surface area contributed by atoms with E-state index in [2.05, 4.69) is 39.1 Å². The molecular weight excluding hydrogens is 296 g/mol. The molecule has 0 amide bonds. The standard InChI is InChI=1S/C20H22N4/c21-15-19-7-5-18(6-8-19)4-2-10-23-11-13-24(14-12-23)17-20-3-1-9-22-16-20/h1-9,16H,10-14,17H2. The Labute approximate surface area is 143 Å². The van der Waals surface area contributed by atoms with Gasteiger partial charge in [0, 0.05) is 51.7 Å². The summed E-state index contributed by atoms with van der Waals surface area (Å²) in [5.41, 5.74) is 3.13. The molecule has 1 aliphatic rings. The lowest BCUT2D eigenvalue weighted by atomic mass is 10.1. The minimum atomic E-state index is 0.705. The number of piperazine rings is 1. The first-order chi connectivity index (χ1) is 11.8. The quantitative estimate of drug-likeness (QED) is 0.850. The van der Waals surface area contributed by atoms with Gasteiger partial charge < -0.3 is 0 Å². The lowest BCUT2D eigenvalue weighted by Gasteiger charge is -2.34. The molecule has 1 aromatic carbocycles. The van der Waals surface area contributed by atoms with Crippen molar-refractivity contribution in [2.45, 2.75) is 6.54 Å². The highest BCUT2D eigenvalue weighted by Gasteiger charge is 2.15. The number of hydrogen-bond acceptors (Lipinski definition) is 4. The van der Waals surface area contributed by atoms with Crippen LogP contribution in [-0.4, -0.2) is 47.5 Å². The molecule has 0 bridgehead atoms. The first-order valence-corrected chi connectivity index (χ1v) is 8.34. The largest absolute Gasteiger partial charge is 0.297 e. The molecule has 3 rings (SSSR count). The highest BCUT2D eigenvalue weighted by molar-refractivity contribution is 5.51. The number of aromatic nitrogens is 1. The van der Waals surface area contributed by atoms with Gasteiger partial charge in [0.1, 0.15) is 0 Å². The van der Waals surface area contributed by atoms with Gasteiger partial charge in [0.25, 0.3) is 0 Å². The fraction of sp³-hybridized carbons (Fsp3) is 0.300. The van der Waals surface area contributed by atoms with Crippen molar-refractivity contribution in [3.05, 3.63) is 71.6 Å². The minimum Gasteiger partial charge on any atom is -0.297 e. The molecule has 122 valence electrons. The fourth-order valence-corrected chi connectivity index (χ4v) is 2.89. The maximum atomic E-state index is 8.81. The van der Waals surface area contributed by atoms with Crippen molar-refractivity contribution in [2.75, 3.05) is 32.7 Å². The number of benzene rings is 1. The number of hydrogen-bond donors (Lipinski definition) is 0. The Morgan fingerprint density at radius 3 is 2.46 bits per heavy atom. The predicted molar refractivity (Wildman–Crippen MR) is 96.1 cm³/mol. The molecule has 24 heavy (non-hydrogen) atoms. The number of pyridine rings is 1. The molecule has 0 atom stereocenters. The van der Waals surface area contributed by atoms with Crippen LogP contribution in [0.5, 0.6) is 0 Å². The molecule has 4 nitrogen and oxygen atoms in total. The molecule has 0 N–H and O–H groups in total. The van der Waals surface area contributed by atoms with Crippen LogP contribution in [0, 0.1) is 11.3 Å². The maximum absolute atomic E-state index is 8.81. The topological polar surface area (TPSA) is 43.2 Å². The molecule has 0 radical (unpaired) electrons. The molecule has 1 aliphatic heterocycles. The zero-order chi connectivity index (χ0) is 16.6. The van der Waals surface area contributed by atoms with Gasteiger partial charge in [0.2, 0.25) is 0 Å². The smallest absolute Gasteiger partial charge is 0.0991 e. The van der Waals surface area contributed by atoms with Gasteiger partial charge in [-0.15, -0.1) is 0 Å². The summed E-state index contributed by atoms with van der Waals surface area (Å²) in [5, 5.41) is 8.81. The molecule has 1 fully saturated rings. The first-order valence-electron chi connectivity index (χ1n) is 8.34. The number of nitrogens with zero attached hydrogens (tertiary/aromatic N) is 4. The summed E-state index contributed by atoms with van der Waals surface area (Å²) >= 11 is 0. The normalized spacial score (nSPS) is 16.3. The lowest BCUT2D eigenvalue weighted by Crippen LogP contribution is -2.45. The third-order valence-corrected chi connectivity index (χ3v) is 4.31. The first kappa shape index (κ1) is 16.4. The van der Waals surface area contributed by atoms with Crippen LogP contribution in [0.25, 0.3) is 6.08 Å². The van der Waals surface area contributed by atoms with Crippen molar-refractivity contribution in [1.29, 1.82) is 5.26 Å². The molecule has 0 aliphatic carbocycles. The van der Waals surface area contributed by atoms with Crippen LogP contribution in [0.15, 0.2) is 54.9 Å². The van der Waals surface area contributed by atoms with Crippen molar-refractivity contribution in [3.8, 4) is 6.07 Å². The van der Waals surface area contributed by atoms with E-state index in [0.29, 0.717) is 5.56 Å². The molecule has 0 saturated carbocycles. The summed E-state index contributed by atoms with van der Waals surface area (Å²) in [6, 6.07) is 14.0. The van der Waals surface area contributed by atoms with Gasteiger partial charge in [-0.05, 0) is 29.3 Å². The average Bonchev–Trinajstić information content (AvgIpc) is 2.65. The van der Waals surface area contributed by atoms with Crippen LogP contribution in [-0.2, 0) is 6.54 Å². The van der Waals surface area contributed by atoms with E-state index in [9.17, 15) is 0 Å². The summed E-state index contributed by atoms with van der Waals surface area (Å²) in [6.07, 6.45) is 8.11. The van der Waals surface area contributed by atoms with Crippen molar-refractivity contribution in [3.63, 3.8) is 0 Å². The van der Waals surface area contributed by atoms with Gasteiger partial charge in [-0.2, -0.15) is 5.26 Å². The highest BCUT2D eigenvalue weighted by Crippen LogP contribution is 2.09. The summed E-state index contributed by atoms with van der Waals surface area (Å²) in [4.78, 5) is 9.14. The van der Waals surface area contributed by atoms with Crippen LogP contribution in [0.4, 0.5) is 0 Å². The Bertz CT molecular complexity index is 693. The number of nitriles is 1. The van der Waals surface area contributed by atoms with Gasteiger partial charge in [-0.1, -0.05) is 30.4 Å². The van der Waals surface area contributed by atoms with Crippen LogP contribution < -0.4 is 0 Å². The van der Waals surface area contributed by atoms with E-state index >= 15 is 0 Å². The van der Waals surface area contributed by atoms with E-state index in [1.54, 1.807) is 0 Å². The van der Waals surface area contributed by atoms with Crippen molar-refractivity contribution in [2.24, 2.45) is 0 Å². The van der Waals surface area contributed by atoms with Crippen LogP contribution in [0.1, 0.15) is 16.7 Å². The lowest BCUT2D eigenvalue weighted by molar-refractivity contribution is 0.137. The maximum Gasteiger partial charge on any atom is 0.0991 e. The Balaban J connectivity index is 1.42. The zero-order valence-electron chi connectivity index (χ0n) is 13.8. The Morgan fingerprint density at radius 2 is 1.79 bits per heavy atom.